The highest BCUT2D eigenvalue weighted by Crippen LogP contribution is 2.38. The molecule has 0 unspecified atom stereocenters. The van der Waals surface area contributed by atoms with Gasteiger partial charge in [-0.25, -0.2) is 9.79 Å². The summed E-state index contributed by atoms with van der Waals surface area (Å²) >= 11 is 4.65. The van der Waals surface area contributed by atoms with Crippen LogP contribution < -0.4 is 14.8 Å². The molecule has 0 radical (unpaired) electrons. The Balaban J connectivity index is 1.80. The van der Waals surface area contributed by atoms with E-state index in [1.165, 1.54) is 18.9 Å². The van der Waals surface area contributed by atoms with E-state index in [0.29, 0.717) is 43.9 Å². The first kappa shape index (κ1) is 24.4. The van der Waals surface area contributed by atoms with E-state index in [0.717, 1.165) is 12.0 Å². The van der Waals surface area contributed by atoms with Gasteiger partial charge in [-0.1, -0.05) is 18.9 Å². The first-order valence-corrected chi connectivity index (χ1v) is 11.6. The Morgan fingerprint density at radius 1 is 1.33 bits per heavy atom. The summed E-state index contributed by atoms with van der Waals surface area (Å²) in [6.07, 6.45) is 7.73. The van der Waals surface area contributed by atoms with Crippen LogP contribution in [0.2, 0.25) is 0 Å². The molecular weight excluding hydrogens is 508 g/mol. The molecule has 7 nitrogen and oxygen atoms in total. The Hall–Kier alpha value is -3.22. The number of aliphatic imine (C=N–C) groups is 1. The number of terminal acetylenes is 1. The van der Waals surface area contributed by atoms with E-state index in [4.69, 9.17) is 20.6 Å². The Morgan fingerprint density at radius 3 is 2.88 bits per heavy atom. The lowest BCUT2D eigenvalue weighted by Crippen LogP contribution is -2.19. The van der Waals surface area contributed by atoms with E-state index >= 15 is 0 Å². The molecule has 1 saturated heterocycles. The average Bonchev–Trinajstić information content (AvgIpc) is 3.14. The SMILES string of the molecule is C#CCOc1c(Br)cc(/C=C2\SC(=Nc3cccc(C(=O)OCCC)c3)NC2=O)cc1OC. The van der Waals surface area contributed by atoms with Crippen molar-refractivity contribution in [2.75, 3.05) is 20.3 Å². The van der Waals surface area contributed by atoms with Crippen molar-refractivity contribution in [3.63, 3.8) is 0 Å². The number of hydrogen-bond acceptors (Lipinski definition) is 7. The molecule has 0 atom stereocenters. The molecule has 0 saturated carbocycles. The zero-order chi connectivity index (χ0) is 23.8. The molecule has 1 aliphatic heterocycles. The number of methoxy groups -OCH3 is 1. The number of nitrogens with one attached hydrogen (secondary N) is 1. The van der Waals surface area contributed by atoms with Crippen LogP contribution in [0.1, 0.15) is 29.3 Å². The number of amidine groups is 1. The van der Waals surface area contributed by atoms with E-state index in [-0.39, 0.29) is 12.5 Å². The standard InChI is InChI=1S/C24H21BrN2O5S/c1-4-9-31-21-18(25)11-15(12-19(21)30-3)13-20-22(28)27-24(33-20)26-17-8-6-7-16(14-17)23(29)32-10-5-2/h1,6-8,11-14H,5,9-10H2,2-3H3,(H,26,27,28)/b20-13-. The van der Waals surface area contributed by atoms with Crippen molar-refractivity contribution in [1.82, 2.24) is 5.32 Å². The van der Waals surface area contributed by atoms with Crippen molar-refractivity contribution in [3.05, 3.63) is 56.9 Å². The summed E-state index contributed by atoms with van der Waals surface area (Å²) in [5, 5.41) is 3.15. The fourth-order valence-corrected chi connectivity index (χ4v) is 4.22. The second-order valence-electron chi connectivity index (χ2n) is 6.69. The molecule has 9 heteroatoms. The third-order valence-corrected chi connectivity index (χ3v) is 5.75. The van der Waals surface area contributed by atoms with Crippen molar-refractivity contribution in [3.8, 4) is 23.8 Å². The van der Waals surface area contributed by atoms with Gasteiger partial charge >= 0.3 is 5.97 Å². The number of benzene rings is 2. The first-order valence-electron chi connectivity index (χ1n) is 9.95. The zero-order valence-corrected chi connectivity index (χ0v) is 20.4. The summed E-state index contributed by atoms with van der Waals surface area (Å²) in [4.78, 5) is 29.5. The highest BCUT2D eigenvalue weighted by Gasteiger charge is 2.24. The summed E-state index contributed by atoms with van der Waals surface area (Å²) < 4.78 is 16.7. The molecule has 1 aliphatic rings. The maximum absolute atomic E-state index is 12.5. The smallest absolute Gasteiger partial charge is 0.338 e. The number of amides is 1. The van der Waals surface area contributed by atoms with Gasteiger partial charge in [-0.3, -0.25) is 4.79 Å². The van der Waals surface area contributed by atoms with Gasteiger partial charge in [0.25, 0.3) is 5.91 Å². The molecule has 2 aromatic rings. The lowest BCUT2D eigenvalue weighted by molar-refractivity contribution is -0.115. The molecule has 0 aliphatic carbocycles. The molecule has 170 valence electrons. The van der Waals surface area contributed by atoms with E-state index in [2.05, 4.69) is 32.2 Å². The van der Waals surface area contributed by atoms with Crippen LogP contribution in [0.4, 0.5) is 5.69 Å². The molecule has 1 fully saturated rings. The van der Waals surface area contributed by atoms with Crippen molar-refractivity contribution >= 4 is 56.5 Å². The van der Waals surface area contributed by atoms with Crippen LogP contribution in [-0.2, 0) is 9.53 Å². The molecule has 0 spiro atoms. The number of esters is 1. The number of carbonyl (C=O) groups excluding carboxylic acids is 2. The van der Waals surface area contributed by atoms with Crippen molar-refractivity contribution in [2.24, 2.45) is 4.99 Å². The topological polar surface area (TPSA) is 86.2 Å². The Labute approximate surface area is 204 Å². The maximum atomic E-state index is 12.5. The van der Waals surface area contributed by atoms with Gasteiger partial charge < -0.3 is 19.5 Å². The average molecular weight is 529 g/mol. The number of nitrogens with zero attached hydrogens (tertiary/aromatic N) is 1. The van der Waals surface area contributed by atoms with E-state index in [1.807, 2.05) is 6.92 Å². The van der Waals surface area contributed by atoms with E-state index in [9.17, 15) is 9.59 Å². The fraction of sp³-hybridized carbons (Fsp3) is 0.208. The van der Waals surface area contributed by atoms with Gasteiger partial charge in [0, 0.05) is 0 Å². The molecule has 1 heterocycles. The van der Waals surface area contributed by atoms with Gasteiger partial charge in [-0.2, -0.15) is 0 Å². The van der Waals surface area contributed by atoms with Gasteiger partial charge in [0.2, 0.25) is 0 Å². The van der Waals surface area contributed by atoms with Gasteiger partial charge in [0.05, 0.1) is 34.3 Å². The third kappa shape index (κ3) is 6.40. The second kappa shape index (κ2) is 11.6. The van der Waals surface area contributed by atoms with E-state index < -0.39 is 5.97 Å². The number of carbonyl (C=O) groups is 2. The minimum Gasteiger partial charge on any atom is -0.493 e. The van der Waals surface area contributed by atoms with Gasteiger partial charge in [0.1, 0.15) is 6.61 Å². The van der Waals surface area contributed by atoms with Gasteiger partial charge in [0.15, 0.2) is 16.7 Å². The number of ether oxygens (including phenoxy) is 3. The molecule has 0 bridgehead atoms. The van der Waals surface area contributed by atoms with Gasteiger partial charge in [-0.05, 0) is 76.1 Å². The Kier molecular flexibility index (Phi) is 8.58. The zero-order valence-electron chi connectivity index (χ0n) is 18.0. The molecular formula is C24H21BrN2O5S. The van der Waals surface area contributed by atoms with Crippen molar-refractivity contribution < 1.29 is 23.8 Å². The second-order valence-corrected chi connectivity index (χ2v) is 8.58. The Morgan fingerprint density at radius 2 is 2.15 bits per heavy atom. The summed E-state index contributed by atoms with van der Waals surface area (Å²) in [7, 11) is 1.52. The van der Waals surface area contributed by atoms with Crippen LogP contribution in [0, 0.1) is 12.3 Å². The van der Waals surface area contributed by atoms with Crippen LogP contribution in [0.15, 0.2) is 50.8 Å². The predicted molar refractivity (Wildman–Crippen MR) is 133 cm³/mol. The van der Waals surface area contributed by atoms with Crippen LogP contribution in [0.5, 0.6) is 11.5 Å². The molecule has 33 heavy (non-hydrogen) atoms. The molecule has 0 aromatic heterocycles. The monoisotopic (exact) mass is 528 g/mol. The highest BCUT2D eigenvalue weighted by atomic mass is 79.9. The Bertz CT molecular complexity index is 1170. The fourth-order valence-electron chi connectivity index (χ4n) is 2.81. The number of hydrogen-bond donors (Lipinski definition) is 1. The minimum absolute atomic E-state index is 0.102. The van der Waals surface area contributed by atoms with Crippen molar-refractivity contribution in [1.29, 1.82) is 0 Å². The lowest BCUT2D eigenvalue weighted by Gasteiger charge is -2.12. The largest absolute Gasteiger partial charge is 0.493 e. The molecule has 3 rings (SSSR count). The van der Waals surface area contributed by atoms with Crippen LogP contribution in [-0.4, -0.2) is 37.4 Å². The summed E-state index contributed by atoms with van der Waals surface area (Å²) in [5.74, 6) is 2.70. The summed E-state index contributed by atoms with van der Waals surface area (Å²) in [5.41, 5.74) is 1.66. The molecule has 1 N–H and O–H groups in total. The number of rotatable bonds is 8. The minimum atomic E-state index is -0.406. The lowest BCUT2D eigenvalue weighted by atomic mass is 10.2. The quantitative estimate of drug-likeness (QED) is 0.297. The van der Waals surface area contributed by atoms with Gasteiger partial charge in [-0.15, -0.1) is 6.42 Å². The first-order chi connectivity index (χ1) is 15.9. The number of thioether (sulfide) groups is 1. The maximum Gasteiger partial charge on any atom is 0.338 e. The predicted octanol–water partition coefficient (Wildman–Crippen LogP) is 4.93. The van der Waals surface area contributed by atoms with Crippen LogP contribution in [0.25, 0.3) is 6.08 Å². The van der Waals surface area contributed by atoms with Crippen molar-refractivity contribution in [2.45, 2.75) is 13.3 Å². The third-order valence-electron chi connectivity index (χ3n) is 4.25. The van der Waals surface area contributed by atoms with Crippen LogP contribution >= 0.6 is 27.7 Å². The normalized spacial score (nSPS) is 15.3. The summed E-state index contributed by atoms with van der Waals surface area (Å²) in [6.45, 7) is 2.39. The highest BCUT2D eigenvalue weighted by molar-refractivity contribution is 9.10. The molecule has 1 amide bonds. The summed E-state index contributed by atoms with van der Waals surface area (Å²) in [6, 6.07) is 10.3. The molecule has 2 aromatic carbocycles. The van der Waals surface area contributed by atoms with E-state index in [1.54, 1.807) is 42.5 Å². The number of halogens is 1. The van der Waals surface area contributed by atoms with Crippen LogP contribution in [0.3, 0.4) is 0 Å².